The maximum atomic E-state index is 5.46. The van der Waals surface area contributed by atoms with Gasteiger partial charge in [-0.15, -0.1) is 0 Å². The molecule has 0 amide bonds. The fourth-order valence-electron chi connectivity index (χ4n) is 2.20. The van der Waals surface area contributed by atoms with Crippen molar-refractivity contribution in [2.45, 2.75) is 57.1 Å². The number of nitrogens with two attached hydrogens (primary N) is 1. The van der Waals surface area contributed by atoms with E-state index in [1.54, 1.807) is 0 Å². The van der Waals surface area contributed by atoms with Crippen molar-refractivity contribution in [3.8, 4) is 0 Å². The van der Waals surface area contributed by atoms with Crippen molar-refractivity contribution in [1.82, 2.24) is 0 Å². The Bertz CT molecular complexity index is 138. The Morgan fingerprint density at radius 1 is 1.21 bits per heavy atom. The second-order valence-corrected chi connectivity index (χ2v) is 6.02. The van der Waals surface area contributed by atoms with E-state index in [1.807, 2.05) is 0 Å². The summed E-state index contributed by atoms with van der Waals surface area (Å²) in [5.74, 6) is 2.34. The van der Waals surface area contributed by atoms with E-state index < -0.39 is 0 Å². The summed E-state index contributed by atoms with van der Waals surface area (Å²) < 4.78 is 0. The van der Waals surface area contributed by atoms with Gasteiger partial charge in [-0.1, -0.05) is 26.2 Å². The van der Waals surface area contributed by atoms with Gasteiger partial charge in [0.25, 0.3) is 0 Å². The van der Waals surface area contributed by atoms with Crippen molar-refractivity contribution < 1.29 is 0 Å². The van der Waals surface area contributed by atoms with Crippen molar-refractivity contribution in [3.63, 3.8) is 0 Å². The van der Waals surface area contributed by atoms with Crippen LogP contribution in [0.2, 0.25) is 0 Å². The maximum Gasteiger partial charge on any atom is 0.00495 e. The topological polar surface area (TPSA) is 26.0 Å². The van der Waals surface area contributed by atoms with Crippen LogP contribution < -0.4 is 5.73 Å². The van der Waals surface area contributed by atoms with Gasteiger partial charge >= 0.3 is 0 Å². The molecule has 0 heterocycles. The molecule has 2 atom stereocenters. The monoisotopic (exact) mass is 215 g/mol. The van der Waals surface area contributed by atoms with Crippen LogP contribution in [-0.2, 0) is 0 Å². The molecule has 2 unspecified atom stereocenters. The molecule has 1 aliphatic carbocycles. The van der Waals surface area contributed by atoms with E-state index in [0.717, 1.165) is 17.7 Å². The van der Waals surface area contributed by atoms with Gasteiger partial charge in [0.05, 0.1) is 0 Å². The molecule has 1 nitrogen and oxygen atoms in total. The molecule has 0 aromatic rings. The molecule has 0 bridgehead atoms. The molecule has 0 aliphatic heterocycles. The third kappa shape index (κ3) is 5.26. The average Bonchev–Trinajstić information content (AvgIpc) is 2.18. The summed E-state index contributed by atoms with van der Waals surface area (Å²) in [6.07, 6.45) is 9.75. The van der Waals surface area contributed by atoms with Gasteiger partial charge in [-0.3, -0.25) is 0 Å². The van der Waals surface area contributed by atoms with Crippen LogP contribution >= 0.6 is 11.8 Å². The highest BCUT2D eigenvalue weighted by molar-refractivity contribution is 7.99. The summed E-state index contributed by atoms with van der Waals surface area (Å²) in [6.45, 7) is 3.27. The van der Waals surface area contributed by atoms with Crippen molar-refractivity contribution >= 4 is 11.8 Å². The molecule has 1 fully saturated rings. The van der Waals surface area contributed by atoms with Crippen LogP contribution in [-0.4, -0.2) is 17.5 Å². The number of unbranched alkanes of at least 4 members (excludes halogenated alkanes) is 2. The quantitative estimate of drug-likeness (QED) is 0.687. The largest absolute Gasteiger partial charge is 0.330 e. The fraction of sp³-hybridized carbons (Fsp3) is 1.00. The van der Waals surface area contributed by atoms with Crippen LogP contribution in [0.1, 0.15) is 51.9 Å². The van der Waals surface area contributed by atoms with E-state index in [4.69, 9.17) is 5.73 Å². The lowest BCUT2D eigenvalue weighted by Crippen LogP contribution is -2.15. The highest BCUT2D eigenvalue weighted by atomic mass is 32.2. The molecule has 2 N–H and O–H groups in total. The Hall–Kier alpha value is 0.310. The Balaban J connectivity index is 1.95. The van der Waals surface area contributed by atoms with Gasteiger partial charge in [0, 0.05) is 5.25 Å². The first kappa shape index (κ1) is 12.4. The van der Waals surface area contributed by atoms with Crippen LogP contribution in [0.3, 0.4) is 0 Å². The van der Waals surface area contributed by atoms with E-state index >= 15 is 0 Å². The van der Waals surface area contributed by atoms with Gasteiger partial charge in [-0.25, -0.2) is 0 Å². The molecule has 1 aliphatic rings. The van der Waals surface area contributed by atoms with Gasteiger partial charge in [0.15, 0.2) is 0 Å². The van der Waals surface area contributed by atoms with Gasteiger partial charge < -0.3 is 5.73 Å². The number of hydrogen-bond donors (Lipinski definition) is 1. The van der Waals surface area contributed by atoms with Crippen LogP contribution in [0.4, 0.5) is 0 Å². The lowest BCUT2D eigenvalue weighted by atomic mass is 9.91. The molecule has 1 rings (SSSR count). The molecule has 0 aromatic heterocycles. The molecule has 0 saturated heterocycles. The fourth-order valence-corrected chi connectivity index (χ4v) is 3.71. The lowest BCUT2D eigenvalue weighted by molar-refractivity contribution is 0.394. The first-order valence-electron chi connectivity index (χ1n) is 6.14. The molecule has 0 spiro atoms. The number of rotatable bonds is 6. The van der Waals surface area contributed by atoms with E-state index in [-0.39, 0.29) is 0 Å². The zero-order chi connectivity index (χ0) is 10.2. The molecule has 2 heteroatoms. The van der Waals surface area contributed by atoms with Crippen LogP contribution in [0.25, 0.3) is 0 Å². The van der Waals surface area contributed by atoms with E-state index in [9.17, 15) is 0 Å². The van der Waals surface area contributed by atoms with E-state index in [2.05, 4.69) is 18.7 Å². The predicted molar refractivity (Wildman–Crippen MR) is 66.8 cm³/mol. The number of hydrogen-bond acceptors (Lipinski definition) is 2. The highest BCUT2D eigenvalue weighted by Crippen LogP contribution is 2.32. The van der Waals surface area contributed by atoms with E-state index in [1.165, 1.54) is 50.7 Å². The zero-order valence-electron chi connectivity index (χ0n) is 9.50. The normalized spacial score (nSPS) is 27.9. The summed E-state index contributed by atoms with van der Waals surface area (Å²) in [6, 6.07) is 0. The Morgan fingerprint density at radius 2 is 2.07 bits per heavy atom. The molecular formula is C12H25NS. The smallest absolute Gasteiger partial charge is 0.00495 e. The SMILES string of the molecule is CC1CCCC(SCCCCCN)C1. The second kappa shape index (κ2) is 7.58. The second-order valence-electron chi connectivity index (χ2n) is 4.61. The standard InChI is InChI=1S/C12H25NS/c1-11-6-5-7-12(10-11)14-9-4-2-3-8-13/h11-12H,2-10,13H2,1H3. The van der Waals surface area contributed by atoms with Crippen LogP contribution in [0, 0.1) is 5.92 Å². The highest BCUT2D eigenvalue weighted by Gasteiger charge is 2.18. The van der Waals surface area contributed by atoms with Gasteiger partial charge in [0.1, 0.15) is 0 Å². The summed E-state index contributed by atoms with van der Waals surface area (Å²) in [5, 5.41) is 0.969. The minimum Gasteiger partial charge on any atom is -0.330 e. The predicted octanol–water partition coefficient (Wildman–Crippen LogP) is 3.43. The number of thioether (sulfide) groups is 1. The summed E-state index contributed by atoms with van der Waals surface area (Å²) >= 11 is 2.21. The van der Waals surface area contributed by atoms with Crippen LogP contribution in [0.5, 0.6) is 0 Å². The first-order valence-corrected chi connectivity index (χ1v) is 7.19. The average molecular weight is 215 g/mol. The molecule has 0 radical (unpaired) electrons. The first-order chi connectivity index (χ1) is 6.83. The Labute approximate surface area is 93.2 Å². The van der Waals surface area contributed by atoms with E-state index in [0.29, 0.717) is 0 Å². The summed E-state index contributed by atoms with van der Waals surface area (Å²) in [5.41, 5.74) is 5.46. The van der Waals surface area contributed by atoms with Gasteiger partial charge in [0.2, 0.25) is 0 Å². The molecule has 0 aromatic carbocycles. The summed E-state index contributed by atoms with van der Waals surface area (Å²) in [4.78, 5) is 0. The minimum absolute atomic E-state index is 0.866. The molecule has 84 valence electrons. The molecular weight excluding hydrogens is 190 g/mol. The van der Waals surface area contributed by atoms with Crippen molar-refractivity contribution in [2.75, 3.05) is 12.3 Å². The Morgan fingerprint density at radius 3 is 2.79 bits per heavy atom. The minimum atomic E-state index is 0.866. The summed E-state index contributed by atoms with van der Waals surface area (Å²) in [7, 11) is 0. The van der Waals surface area contributed by atoms with Crippen molar-refractivity contribution in [1.29, 1.82) is 0 Å². The third-order valence-electron chi connectivity index (χ3n) is 3.09. The van der Waals surface area contributed by atoms with Crippen molar-refractivity contribution in [3.05, 3.63) is 0 Å². The third-order valence-corrected chi connectivity index (χ3v) is 4.51. The van der Waals surface area contributed by atoms with Gasteiger partial charge in [-0.05, 0) is 43.9 Å². The van der Waals surface area contributed by atoms with Gasteiger partial charge in [-0.2, -0.15) is 11.8 Å². The maximum absolute atomic E-state index is 5.46. The molecule has 14 heavy (non-hydrogen) atoms. The zero-order valence-corrected chi connectivity index (χ0v) is 10.3. The Kier molecular flexibility index (Phi) is 6.70. The molecule has 1 saturated carbocycles. The lowest BCUT2D eigenvalue weighted by Gasteiger charge is -2.26. The van der Waals surface area contributed by atoms with Crippen LogP contribution in [0.15, 0.2) is 0 Å². The van der Waals surface area contributed by atoms with Crippen molar-refractivity contribution in [2.24, 2.45) is 11.7 Å².